The van der Waals surface area contributed by atoms with Gasteiger partial charge in [-0.2, -0.15) is 13.2 Å². The first kappa shape index (κ1) is 13.1. The lowest BCUT2D eigenvalue weighted by Gasteiger charge is -2.14. The van der Waals surface area contributed by atoms with E-state index in [0.717, 1.165) is 0 Å². The Morgan fingerprint density at radius 2 is 1.89 bits per heavy atom. The van der Waals surface area contributed by atoms with Gasteiger partial charge >= 0.3 is 6.18 Å². The molecule has 0 bridgehead atoms. The van der Waals surface area contributed by atoms with Gasteiger partial charge in [0.1, 0.15) is 11.3 Å². The molecule has 4 nitrogen and oxygen atoms in total. The van der Waals surface area contributed by atoms with Gasteiger partial charge in [0.05, 0.1) is 12.8 Å². The van der Waals surface area contributed by atoms with E-state index in [1.807, 2.05) is 0 Å². The van der Waals surface area contributed by atoms with Gasteiger partial charge in [0.25, 0.3) is 0 Å². The molecule has 0 radical (unpaired) electrons. The van der Waals surface area contributed by atoms with Crippen molar-refractivity contribution in [2.24, 2.45) is 0 Å². The van der Waals surface area contributed by atoms with E-state index in [4.69, 9.17) is 10.5 Å². The Hall–Kier alpha value is -2.31. The Labute approximate surface area is 107 Å². The van der Waals surface area contributed by atoms with E-state index in [0.29, 0.717) is 6.20 Å². The van der Waals surface area contributed by atoms with Gasteiger partial charge in [-0.1, -0.05) is 12.1 Å². The third-order valence-corrected chi connectivity index (χ3v) is 2.47. The van der Waals surface area contributed by atoms with Crippen LogP contribution in [0.4, 0.5) is 19.1 Å². The number of halogens is 3. The zero-order valence-corrected chi connectivity index (χ0v) is 9.90. The van der Waals surface area contributed by atoms with Crippen LogP contribution < -0.4 is 10.5 Å². The number of nitrogens with zero attached hydrogens (tertiary/aromatic N) is 2. The number of anilines is 1. The molecule has 0 saturated heterocycles. The lowest BCUT2D eigenvalue weighted by Crippen LogP contribution is -2.11. The SMILES string of the molecule is COc1ccccc1-c1nc(N)ncc1C(F)(F)F. The highest BCUT2D eigenvalue weighted by Crippen LogP contribution is 2.38. The highest BCUT2D eigenvalue weighted by Gasteiger charge is 2.35. The van der Waals surface area contributed by atoms with Crippen LogP contribution in [0.5, 0.6) is 5.75 Å². The van der Waals surface area contributed by atoms with Gasteiger partial charge in [-0.15, -0.1) is 0 Å². The molecule has 1 heterocycles. The van der Waals surface area contributed by atoms with E-state index < -0.39 is 11.7 Å². The van der Waals surface area contributed by atoms with E-state index >= 15 is 0 Å². The molecule has 0 atom stereocenters. The molecule has 0 fully saturated rings. The monoisotopic (exact) mass is 269 g/mol. The van der Waals surface area contributed by atoms with E-state index in [-0.39, 0.29) is 23.0 Å². The van der Waals surface area contributed by atoms with E-state index in [1.165, 1.54) is 13.2 Å². The third-order valence-electron chi connectivity index (χ3n) is 2.47. The van der Waals surface area contributed by atoms with Crippen LogP contribution in [0.2, 0.25) is 0 Å². The van der Waals surface area contributed by atoms with Crippen LogP contribution in [0.1, 0.15) is 5.56 Å². The van der Waals surface area contributed by atoms with Crippen molar-refractivity contribution in [2.75, 3.05) is 12.8 Å². The number of rotatable bonds is 2. The van der Waals surface area contributed by atoms with Crippen LogP contribution in [-0.2, 0) is 6.18 Å². The molecule has 2 rings (SSSR count). The van der Waals surface area contributed by atoms with Crippen molar-refractivity contribution in [3.05, 3.63) is 36.0 Å². The fourth-order valence-corrected chi connectivity index (χ4v) is 1.65. The fourth-order valence-electron chi connectivity index (χ4n) is 1.65. The van der Waals surface area contributed by atoms with Gasteiger partial charge in [0, 0.05) is 11.8 Å². The number of methoxy groups -OCH3 is 1. The summed E-state index contributed by atoms with van der Waals surface area (Å²) in [6.45, 7) is 0. The first-order chi connectivity index (χ1) is 8.93. The Morgan fingerprint density at radius 3 is 2.53 bits per heavy atom. The van der Waals surface area contributed by atoms with Crippen LogP contribution in [0.15, 0.2) is 30.5 Å². The molecule has 0 unspecified atom stereocenters. The lowest BCUT2D eigenvalue weighted by atomic mass is 10.1. The molecule has 1 aromatic heterocycles. The summed E-state index contributed by atoms with van der Waals surface area (Å²) in [5.41, 5.74) is 4.34. The van der Waals surface area contributed by atoms with Gasteiger partial charge in [0.2, 0.25) is 5.95 Å². The molecular weight excluding hydrogens is 259 g/mol. The van der Waals surface area contributed by atoms with Crippen molar-refractivity contribution in [2.45, 2.75) is 6.18 Å². The predicted molar refractivity (Wildman–Crippen MR) is 63.4 cm³/mol. The van der Waals surface area contributed by atoms with Crippen molar-refractivity contribution >= 4 is 5.95 Å². The average Bonchev–Trinajstić information content (AvgIpc) is 2.37. The normalized spacial score (nSPS) is 11.4. The number of hydrogen-bond donors (Lipinski definition) is 1. The van der Waals surface area contributed by atoms with E-state index in [9.17, 15) is 13.2 Å². The quantitative estimate of drug-likeness (QED) is 0.910. The maximum Gasteiger partial charge on any atom is 0.419 e. The lowest BCUT2D eigenvalue weighted by molar-refractivity contribution is -0.137. The van der Waals surface area contributed by atoms with Crippen LogP contribution in [-0.4, -0.2) is 17.1 Å². The summed E-state index contributed by atoms with van der Waals surface area (Å²) in [5, 5.41) is 0. The van der Waals surface area contributed by atoms with Gasteiger partial charge in [0.15, 0.2) is 0 Å². The molecule has 0 amide bonds. The summed E-state index contributed by atoms with van der Waals surface area (Å²) in [6, 6.07) is 6.28. The van der Waals surface area contributed by atoms with Crippen LogP contribution in [0, 0.1) is 0 Å². The Bertz CT molecular complexity index is 599. The minimum Gasteiger partial charge on any atom is -0.496 e. The second-order valence-corrected chi connectivity index (χ2v) is 3.69. The number of ether oxygens (including phenoxy) is 1. The molecule has 100 valence electrons. The van der Waals surface area contributed by atoms with Gasteiger partial charge in [-0.25, -0.2) is 9.97 Å². The molecule has 2 aromatic rings. The highest BCUT2D eigenvalue weighted by molar-refractivity contribution is 5.70. The van der Waals surface area contributed by atoms with E-state index in [2.05, 4.69) is 9.97 Å². The zero-order valence-electron chi connectivity index (χ0n) is 9.90. The first-order valence-electron chi connectivity index (χ1n) is 5.26. The number of nitrogen functional groups attached to an aromatic ring is 1. The van der Waals surface area contributed by atoms with Crippen molar-refractivity contribution < 1.29 is 17.9 Å². The molecule has 0 aliphatic carbocycles. The van der Waals surface area contributed by atoms with Gasteiger partial charge in [-0.3, -0.25) is 0 Å². The number of hydrogen-bond acceptors (Lipinski definition) is 4. The number of nitrogens with two attached hydrogens (primary N) is 1. The molecule has 0 saturated carbocycles. The smallest absolute Gasteiger partial charge is 0.419 e. The second kappa shape index (κ2) is 4.75. The fraction of sp³-hybridized carbons (Fsp3) is 0.167. The topological polar surface area (TPSA) is 61.0 Å². The van der Waals surface area contributed by atoms with Crippen LogP contribution >= 0.6 is 0 Å². The maximum atomic E-state index is 12.9. The number of alkyl halides is 3. The Morgan fingerprint density at radius 1 is 1.21 bits per heavy atom. The maximum absolute atomic E-state index is 12.9. The van der Waals surface area contributed by atoms with E-state index in [1.54, 1.807) is 18.2 Å². The molecule has 1 aromatic carbocycles. The summed E-state index contributed by atoms with van der Waals surface area (Å²) in [7, 11) is 1.37. The predicted octanol–water partition coefficient (Wildman–Crippen LogP) is 2.75. The highest BCUT2D eigenvalue weighted by atomic mass is 19.4. The molecular formula is C12H10F3N3O. The van der Waals surface area contributed by atoms with Crippen molar-refractivity contribution in [3.63, 3.8) is 0 Å². The first-order valence-corrected chi connectivity index (χ1v) is 5.26. The molecule has 0 aliphatic heterocycles. The van der Waals surface area contributed by atoms with Crippen molar-refractivity contribution in [1.29, 1.82) is 0 Å². The minimum absolute atomic E-state index is 0.214. The van der Waals surface area contributed by atoms with Crippen LogP contribution in [0.25, 0.3) is 11.3 Å². The summed E-state index contributed by atoms with van der Waals surface area (Å²) in [5.74, 6) is 0.0556. The van der Waals surface area contributed by atoms with Crippen molar-refractivity contribution in [1.82, 2.24) is 9.97 Å². The Balaban J connectivity index is 2.70. The zero-order chi connectivity index (χ0) is 14.0. The number of benzene rings is 1. The molecule has 7 heteroatoms. The largest absolute Gasteiger partial charge is 0.496 e. The average molecular weight is 269 g/mol. The van der Waals surface area contributed by atoms with Gasteiger partial charge < -0.3 is 10.5 Å². The third kappa shape index (κ3) is 2.59. The summed E-state index contributed by atoms with van der Waals surface area (Å²) >= 11 is 0. The minimum atomic E-state index is -4.57. The Kier molecular flexibility index (Phi) is 3.28. The number of para-hydroxylation sites is 1. The summed E-state index contributed by atoms with van der Waals surface area (Å²) in [6.07, 6.45) is -3.89. The van der Waals surface area contributed by atoms with Crippen molar-refractivity contribution in [3.8, 4) is 17.0 Å². The van der Waals surface area contributed by atoms with Crippen LogP contribution in [0.3, 0.4) is 0 Å². The van der Waals surface area contributed by atoms with Gasteiger partial charge in [-0.05, 0) is 12.1 Å². The molecule has 0 spiro atoms. The number of aromatic nitrogens is 2. The summed E-state index contributed by atoms with van der Waals surface area (Å²) < 4.78 is 43.9. The molecule has 2 N–H and O–H groups in total. The second-order valence-electron chi connectivity index (χ2n) is 3.69. The molecule has 19 heavy (non-hydrogen) atoms. The molecule has 0 aliphatic rings. The standard InChI is InChI=1S/C12H10F3N3O/c1-19-9-5-3-2-4-7(9)10-8(12(13,14)15)6-17-11(16)18-10/h2-6H,1H3,(H2,16,17,18). The summed E-state index contributed by atoms with van der Waals surface area (Å²) in [4.78, 5) is 7.08.